The summed E-state index contributed by atoms with van der Waals surface area (Å²) in [5.41, 5.74) is 0.897. The Morgan fingerprint density at radius 3 is 2.57 bits per heavy atom. The van der Waals surface area contributed by atoms with Crippen molar-refractivity contribution in [2.24, 2.45) is 0 Å². The lowest BCUT2D eigenvalue weighted by molar-refractivity contribution is -0.139. The molecule has 0 fully saturated rings. The Bertz CT molecular complexity index is 1040. The Morgan fingerprint density at radius 2 is 1.96 bits per heavy atom. The minimum Gasteiger partial charge on any atom is -0.481 e. The number of aromatic amines is 1. The first-order chi connectivity index (χ1) is 13.1. The van der Waals surface area contributed by atoms with Gasteiger partial charge >= 0.3 is 12.1 Å². The van der Waals surface area contributed by atoms with Crippen molar-refractivity contribution in [1.29, 1.82) is 0 Å². The number of fused-ring (bicyclic) bond motifs is 1. The molecule has 0 unspecified atom stereocenters. The van der Waals surface area contributed by atoms with Crippen LogP contribution in [0, 0.1) is 0 Å². The van der Waals surface area contributed by atoms with Gasteiger partial charge < -0.3 is 14.8 Å². The predicted octanol–water partition coefficient (Wildman–Crippen LogP) is 6.49. The Labute approximate surface area is 167 Å². The van der Waals surface area contributed by atoms with Crippen LogP contribution in [0.25, 0.3) is 10.9 Å². The van der Waals surface area contributed by atoms with Crippen molar-refractivity contribution in [1.82, 2.24) is 4.98 Å². The summed E-state index contributed by atoms with van der Waals surface area (Å²) < 4.78 is 46.4. The van der Waals surface area contributed by atoms with E-state index in [-0.39, 0.29) is 21.7 Å². The number of H-pyrrole nitrogens is 1. The number of carbonyl (C=O) groups is 1. The van der Waals surface area contributed by atoms with Gasteiger partial charge in [0, 0.05) is 17.1 Å². The van der Waals surface area contributed by atoms with E-state index in [4.69, 9.17) is 9.84 Å². The highest BCUT2D eigenvalue weighted by Crippen LogP contribution is 2.43. The second-order valence-corrected chi connectivity index (χ2v) is 7.59. The highest BCUT2D eigenvalue weighted by molar-refractivity contribution is 9.10. The average molecular weight is 456 g/mol. The first-order valence-electron chi connectivity index (χ1n) is 8.46. The predicted molar refractivity (Wildman–Crippen MR) is 103 cm³/mol. The van der Waals surface area contributed by atoms with Crippen molar-refractivity contribution in [3.63, 3.8) is 0 Å². The van der Waals surface area contributed by atoms with Crippen LogP contribution in [0.1, 0.15) is 36.5 Å². The van der Waals surface area contributed by atoms with Crippen molar-refractivity contribution in [2.45, 2.75) is 32.4 Å². The summed E-state index contributed by atoms with van der Waals surface area (Å²) in [5.74, 6) is -1.13. The second-order valence-electron chi connectivity index (χ2n) is 6.73. The molecule has 0 bridgehead atoms. The minimum atomic E-state index is -4.70. The summed E-state index contributed by atoms with van der Waals surface area (Å²) in [6.45, 7) is 4.05. The highest BCUT2D eigenvalue weighted by Gasteiger charge is 2.36. The molecule has 0 spiro atoms. The van der Waals surface area contributed by atoms with Crippen molar-refractivity contribution in [3.8, 4) is 11.5 Å². The van der Waals surface area contributed by atoms with Gasteiger partial charge in [-0.3, -0.25) is 4.79 Å². The third-order valence-electron chi connectivity index (χ3n) is 4.29. The van der Waals surface area contributed by atoms with Crippen LogP contribution < -0.4 is 4.74 Å². The maximum Gasteiger partial charge on any atom is 0.420 e. The third-order valence-corrected chi connectivity index (χ3v) is 4.88. The zero-order valence-electron chi connectivity index (χ0n) is 15.0. The average Bonchev–Trinajstić information content (AvgIpc) is 2.99. The lowest BCUT2D eigenvalue weighted by Crippen LogP contribution is -2.10. The molecule has 0 aliphatic carbocycles. The summed E-state index contributed by atoms with van der Waals surface area (Å²) in [6, 6.07) is 7.16. The Hall–Kier alpha value is -2.48. The molecule has 1 aromatic heterocycles. The van der Waals surface area contributed by atoms with E-state index in [1.54, 1.807) is 18.2 Å². The molecule has 0 radical (unpaired) electrons. The molecule has 28 heavy (non-hydrogen) atoms. The van der Waals surface area contributed by atoms with Gasteiger partial charge in [0.2, 0.25) is 0 Å². The number of carboxylic acids is 1. The lowest BCUT2D eigenvalue weighted by Gasteiger charge is -2.17. The first-order valence-corrected chi connectivity index (χ1v) is 9.26. The van der Waals surface area contributed by atoms with E-state index in [1.807, 2.05) is 20.0 Å². The molecular formula is C20H17BrF3NO3. The third kappa shape index (κ3) is 4.16. The number of benzene rings is 2. The summed E-state index contributed by atoms with van der Waals surface area (Å²) in [4.78, 5) is 14.0. The lowest BCUT2D eigenvalue weighted by atomic mass is 10.0. The SMILES string of the molecule is CC(C)c1c[nH]c2ccc(Oc3c(Br)cc(CC(=O)O)cc3C(F)(F)F)cc12. The molecule has 2 N–H and O–H groups in total. The fourth-order valence-corrected chi connectivity index (χ4v) is 3.61. The van der Waals surface area contributed by atoms with Gasteiger partial charge in [-0.05, 0) is 63.3 Å². The van der Waals surface area contributed by atoms with E-state index in [2.05, 4.69) is 20.9 Å². The molecule has 0 aliphatic rings. The number of carboxylic acid groups (broad SMARTS) is 1. The monoisotopic (exact) mass is 455 g/mol. The van der Waals surface area contributed by atoms with Crippen molar-refractivity contribution in [2.75, 3.05) is 0 Å². The molecule has 0 aliphatic heterocycles. The second kappa shape index (κ2) is 7.50. The molecular weight excluding hydrogens is 439 g/mol. The van der Waals surface area contributed by atoms with E-state index in [0.29, 0.717) is 0 Å². The van der Waals surface area contributed by atoms with E-state index in [0.717, 1.165) is 22.5 Å². The number of aromatic nitrogens is 1. The quantitative estimate of drug-likeness (QED) is 0.461. The van der Waals surface area contributed by atoms with Crippen molar-refractivity contribution in [3.05, 3.63) is 57.7 Å². The van der Waals surface area contributed by atoms with E-state index < -0.39 is 29.9 Å². The van der Waals surface area contributed by atoms with E-state index >= 15 is 0 Å². The van der Waals surface area contributed by atoms with Crippen molar-refractivity contribution < 1.29 is 27.8 Å². The molecule has 4 nitrogen and oxygen atoms in total. The van der Waals surface area contributed by atoms with E-state index in [1.165, 1.54) is 6.07 Å². The van der Waals surface area contributed by atoms with E-state index in [9.17, 15) is 18.0 Å². The number of hydrogen-bond acceptors (Lipinski definition) is 2. The zero-order valence-corrected chi connectivity index (χ0v) is 16.6. The minimum absolute atomic E-state index is 0.0298. The van der Waals surface area contributed by atoms with Crippen LogP contribution >= 0.6 is 15.9 Å². The molecule has 3 aromatic rings. The molecule has 0 amide bonds. The van der Waals surface area contributed by atoms with Crippen LogP contribution in [0.3, 0.4) is 0 Å². The van der Waals surface area contributed by atoms with Crippen LogP contribution in [0.2, 0.25) is 0 Å². The topological polar surface area (TPSA) is 62.3 Å². The van der Waals surface area contributed by atoms with Gasteiger partial charge in [-0.15, -0.1) is 0 Å². The molecule has 0 saturated heterocycles. The Balaban J connectivity index is 2.07. The van der Waals surface area contributed by atoms with Crippen LogP contribution in [-0.2, 0) is 17.4 Å². The Kier molecular flexibility index (Phi) is 5.43. The number of aliphatic carboxylic acids is 1. The molecule has 3 rings (SSSR count). The van der Waals surface area contributed by atoms with Crippen LogP contribution in [0.4, 0.5) is 13.2 Å². The van der Waals surface area contributed by atoms with Crippen molar-refractivity contribution >= 4 is 32.8 Å². The van der Waals surface area contributed by atoms with Gasteiger partial charge in [0.15, 0.2) is 5.75 Å². The summed E-state index contributed by atoms with van der Waals surface area (Å²) in [5, 5.41) is 9.75. The van der Waals surface area contributed by atoms with Crippen LogP contribution in [0.5, 0.6) is 11.5 Å². The molecule has 148 valence electrons. The number of alkyl halides is 3. The number of rotatable bonds is 5. The normalized spacial score (nSPS) is 12.0. The zero-order chi connectivity index (χ0) is 20.6. The summed E-state index contributed by atoms with van der Waals surface area (Å²) in [6.07, 6.45) is -3.35. The Morgan fingerprint density at radius 1 is 1.25 bits per heavy atom. The number of hydrogen-bond donors (Lipinski definition) is 2. The number of nitrogens with one attached hydrogen (secondary N) is 1. The maximum absolute atomic E-state index is 13.6. The molecule has 1 heterocycles. The standard InChI is InChI=1S/C20H17BrF3NO3/c1-10(2)14-9-25-17-4-3-12(8-13(14)17)28-19-15(20(22,23)24)5-11(6-16(19)21)7-18(26)27/h3-6,8-10,25H,7H2,1-2H3,(H,26,27). The maximum atomic E-state index is 13.6. The van der Waals surface area contributed by atoms with Gasteiger partial charge in [0.1, 0.15) is 5.75 Å². The van der Waals surface area contributed by atoms with Gasteiger partial charge in [-0.25, -0.2) is 0 Å². The fraction of sp³-hybridized carbons (Fsp3) is 0.250. The van der Waals surface area contributed by atoms with Gasteiger partial charge in [0.05, 0.1) is 16.5 Å². The summed E-state index contributed by atoms with van der Waals surface area (Å²) in [7, 11) is 0. The number of halogens is 4. The largest absolute Gasteiger partial charge is 0.481 e. The van der Waals surface area contributed by atoms with Gasteiger partial charge in [-0.2, -0.15) is 13.2 Å². The molecule has 0 atom stereocenters. The smallest absolute Gasteiger partial charge is 0.420 e. The molecule has 2 aromatic carbocycles. The van der Waals surface area contributed by atoms with Crippen LogP contribution in [0.15, 0.2) is 41.0 Å². The summed E-state index contributed by atoms with van der Waals surface area (Å²) >= 11 is 3.09. The molecule has 0 saturated carbocycles. The molecule has 8 heteroatoms. The first kappa shape index (κ1) is 20.3. The fourth-order valence-electron chi connectivity index (χ4n) is 3.02. The van der Waals surface area contributed by atoms with Crippen LogP contribution in [-0.4, -0.2) is 16.1 Å². The highest BCUT2D eigenvalue weighted by atomic mass is 79.9. The van der Waals surface area contributed by atoms with Gasteiger partial charge in [0.25, 0.3) is 0 Å². The number of ether oxygens (including phenoxy) is 1. The van der Waals surface area contributed by atoms with Gasteiger partial charge in [-0.1, -0.05) is 13.8 Å².